The van der Waals surface area contributed by atoms with Gasteiger partial charge in [0.2, 0.25) is 0 Å². The first-order chi connectivity index (χ1) is 18.8. The summed E-state index contributed by atoms with van der Waals surface area (Å²) >= 11 is 2.46. The second-order valence-electron chi connectivity index (χ2n) is 8.36. The minimum atomic E-state index is -4.63. The highest BCUT2D eigenvalue weighted by Crippen LogP contribution is 2.36. The molecule has 1 amide bonds. The van der Waals surface area contributed by atoms with E-state index in [0.717, 1.165) is 43.1 Å². The number of alkyl halides is 6. The van der Waals surface area contributed by atoms with Crippen LogP contribution in [0.3, 0.4) is 0 Å². The zero-order valence-electron chi connectivity index (χ0n) is 21.0. The number of amides is 1. The van der Waals surface area contributed by atoms with E-state index >= 15 is 0 Å². The average Bonchev–Trinajstić information content (AvgIpc) is 2.90. The summed E-state index contributed by atoms with van der Waals surface area (Å²) in [6.45, 7) is 2.17. The number of hydrogen-bond acceptors (Lipinski definition) is 7. The fraction of sp³-hybridized carbons (Fsp3) is 0.308. The summed E-state index contributed by atoms with van der Waals surface area (Å²) < 4.78 is 79.7. The van der Waals surface area contributed by atoms with E-state index in [4.69, 9.17) is 5.73 Å². The molecule has 1 aromatic heterocycles. The molecular formula is C26H24F6N4O2S2. The van der Waals surface area contributed by atoms with Crippen molar-refractivity contribution in [3.05, 3.63) is 76.9 Å². The van der Waals surface area contributed by atoms with Crippen LogP contribution in [0.4, 0.5) is 32.0 Å². The van der Waals surface area contributed by atoms with Crippen LogP contribution in [0.15, 0.2) is 58.6 Å². The summed E-state index contributed by atoms with van der Waals surface area (Å²) in [5.74, 6) is -0.545. The number of carbonyl (C=O) groups is 2. The normalized spacial score (nSPS) is 11.9. The highest BCUT2D eigenvalue weighted by atomic mass is 32.2. The first kappa shape index (κ1) is 31.4. The van der Waals surface area contributed by atoms with Gasteiger partial charge in [0.15, 0.2) is 5.78 Å². The SMILES string of the molecule is CCCSc1ccc(C(F)(F)F)cc1NC(=O)c1cc(C(=O)Cc2cc(C(F)(F)F)ccc2SCCN)ncn1. The van der Waals surface area contributed by atoms with Gasteiger partial charge >= 0.3 is 12.4 Å². The molecule has 0 atom stereocenters. The molecule has 0 saturated carbocycles. The van der Waals surface area contributed by atoms with Crippen LogP contribution in [0.5, 0.6) is 0 Å². The average molecular weight is 603 g/mol. The van der Waals surface area contributed by atoms with Gasteiger partial charge in [0.05, 0.1) is 16.8 Å². The van der Waals surface area contributed by atoms with Crippen LogP contribution in [0, 0.1) is 0 Å². The Hall–Kier alpha value is -3.10. The number of nitrogens with zero attached hydrogens (tertiary/aromatic N) is 2. The Balaban J connectivity index is 1.87. The van der Waals surface area contributed by atoms with Crippen molar-refractivity contribution in [3.63, 3.8) is 0 Å². The number of benzene rings is 2. The van der Waals surface area contributed by atoms with Crippen molar-refractivity contribution >= 4 is 40.9 Å². The Labute approximate surface area is 234 Å². The maximum absolute atomic E-state index is 13.3. The number of ketones is 1. The molecule has 2 aromatic carbocycles. The molecule has 40 heavy (non-hydrogen) atoms. The van der Waals surface area contributed by atoms with Gasteiger partial charge < -0.3 is 11.1 Å². The summed E-state index contributed by atoms with van der Waals surface area (Å²) in [5.41, 5.74) is 3.13. The zero-order chi connectivity index (χ0) is 29.5. The number of nitrogens with one attached hydrogen (secondary N) is 1. The molecule has 3 aromatic rings. The first-order valence-corrected chi connectivity index (χ1v) is 13.8. The van der Waals surface area contributed by atoms with Crippen LogP contribution in [-0.4, -0.2) is 39.7 Å². The minimum absolute atomic E-state index is 0.0738. The highest BCUT2D eigenvalue weighted by molar-refractivity contribution is 7.99. The van der Waals surface area contributed by atoms with E-state index in [1.54, 1.807) is 0 Å². The molecule has 0 fully saturated rings. The molecule has 0 unspecified atom stereocenters. The third-order valence-electron chi connectivity index (χ3n) is 5.32. The van der Waals surface area contributed by atoms with Gasteiger partial charge in [0.25, 0.3) is 5.91 Å². The van der Waals surface area contributed by atoms with Crippen molar-refractivity contribution < 1.29 is 35.9 Å². The lowest BCUT2D eigenvalue weighted by Crippen LogP contribution is -2.17. The van der Waals surface area contributed by atoms with E-state index in [2.05, 4.69) is 15.3 Å². The van der Waals surface area contributed by atoms with Crippen LogP contribution >= 0.6 is 23.5 Å². The van der Waals surface area contributed by atoms with Gasteiger partial charge in [0.1, 0.15) is 17.7 Å². The van der Waals surface area contributed by atoms with E-state index < -0.39 is 41.6 Å². The lowest BCUT2D eigenvalue weighted by atomic mass is 10.0. The number of rotatable bonds is 11. The van der Waals surface area contributed by atoms with Gasteiger partial charge in [-0.2, -0.15) is 26.3 Å². The van der Waals surface area contributed by atoms with Gasteiger partial charge in [-0.3, -0.25) is 9.59 Å². The van der Waals surface area contributed by atoms with Crippen molar-refractivity contribution in [2.75, 3.05) is 23.4 Å². The molecule has 0 aliphatic carbocycles. The van der Waals surface area contributed by atoms with Gasteiger partial charge in [0, 0.05) is 28.5 Å². The van der Waals surface area contributed by atoms with E-state index in [-0.39, 0.29) is 29.2 Å². The molecular weight excluding hydrogens is 578 g/mol. The van der Waals surface area contributed by atoms with Crippen LogP contribution in [-0.2, 0) is 18.8 Å². The second kappa shape index (κ2) is 13.5. The van der Waals surface area contributed by atoms with Crippen LogP contribution in [0.2, 0.25) is 0 Å². The van der Waals surface area contributed by atoms with Crippen LogP contribution in [0.1, 0.15) is 51.0 Å². The predicted octanol–water partition coefficient (Wildman–Crippen LogP) is 6.74. The lowest BCUT2D eigenvalue weighted by Gasteiger charge is -2.14. The summed E-state index contributed by atoms with van der Waals surface area (Å²) in [5, 5.41) is 2.42. The van der Waals surface area contributed by atoms with Crippen molar-refractivity contribution in [2.24, 2.45) is 5.73 Å². The van der Waals surface area contributed by atoms with E-state index in [1.807, 2.05) is 6.92 Å². The molecule has 6 nitrogen and oxygen atoms in total. The molecule has 0 radical (unpaired) electrons. The molecule has 0 bridgehead atoms. The summed E-state index contributed by atoms with van der Waals surface area (Å²) in [7, 11) is 0. The number of carbonyl (C=O) groups excluding carboxylic acids is 2. The fourth-order valence-corrected chi connectivity index (χ4v) is 5.10. The monoisotopic (exact) mass is 602 g/mol. The molecule has 0 aliphatic rings. The van der Waals surface area contributed by atoms with Gasteiger partial charge in [-0.15, -0.1) is 23.5 Å². The Morgan fingerprint density at radius 1 is 0.850 bits per heavy atom. The molecule has 0 aliphatic heterocycles. The third-order valence-corrected chi connectivity index (χ3v) is 7.74. The number of hydrogen-bond donors (Lipinski definition) is 2. The molecule has 214 valence electrons. The molecule has 14 heteroatoms. The molecule has 1 heterocycles. The van der Waals surface area contributed by atoms with Crippen LogP contribution < -0.4 is 11.1 Å². The quantitative estimate of drug-likeness (QED) is 0.142. The number of anilines is 1. The Morgan fingerprint density at radius 2 is 1.45 bits per heavy atom. The maximum atomic E-state index is 13.3. The number of Topliss-reactive ketones (excluding diaryl/α,β-unsaturated/α-hetero) is 1. The van der Waals surface area contributed by atoms with Gasteiger partial charge in [-0.25, -0.2) is 9.97 Å². The third kappa shape index (κ3) is 8.45. The number of thioether (sulfide) groups is 2. The lowest BCUT2D eigenvalue weighted by molar-refractivity contribution is -0.138. The summed E-state index contributed by atoms with van der Waals surface area (Å²) in [6.07, 6.45) is -8.02. The molecule has 0 saturated heterocycles. The molecule has 3 rings (SSSR count). The Bertz CT molecular complexity index is 1270. The largest absolute Gasteiger partial charge is 0.416 e. The first-order valence-electron chi connectivity index (χ1n) is 11.9. The smallest absolute Gasteiger partial charge is 0.330 e. The second-order valence-corrected chi connectivity index (χ2v) is 10.6. The summed E-state index contributed by atoms with van der Waals surface area (Å²) in [6, 6.07) is 7.12. The van der Waals surface area contributed by atoms with Crippen molar-refractivity contribution in [3.8, 4) is 0 Å². The van der Waals surface area contributed by atoms with Crippen molar-refractivity contribution in [2.45, 2.75) is 41.9 Å². The fourth-order valence-electron chi connectivity index (χ4n) is 3.43. The van der Waals surface area contributed by atoms with E-state index in [0.29, 0.717) is 21.3 Å². The van der Waals surface area contributed by atoms with E-state index in [9.17, 15) is 35.9 Å². The minimum Gasteiger partial charge on any atom is -0.330 e. The Morgan fingerprint density at radius 3 is 2.08 bits per heavy atom. The van der Waals surface area contributed by atoms with E-state index in [1.165, 1.54) is 35.7 Å². The van der Waals surface area contributed by atoms with Crippen LogP contribution in [0.25, 0.3) is 0 Å². The maximum Gasteiger partial charge on any atom is 0.416 e. The Kier molecular flexibility index (Phi) is 10.6. The zero-order valence-corrected chi connectivity index (χ0v) is 22.7. The number of halogens is 6. The predicted molar refractivity (Wildman–Crippen MR) is 142 cm³/mol. The van der Waals surface area contributed by atoms with Gasteiger partial charge in [-0.1, -0.05) is 6.92 Å². The van der Waals surface area contributed by atoms with Gasteiger partial charge in [-0.05, 0) is 60.2 Å². The standard InChI is InChI=1S/C26H24F6N4O2S2/c1-2-8-39-23-6-4-17(26(30,31)32)12-19(23)36-24(38)20-13-18(34-14-35-20)21(37)11-15-10-16(25(27,28)29)3-5-22(15)40-9-7-33/h3-6,10,12-14H,2,7-9,11,33H2,1H3,(H,36,38). The topological polar surface area (TPSA) is 98.0 Å². The van der Waals surface area contributed by atoms with Crippen molar-refractivity contribution in [1.82, 2.24) is 9.97 Å². The number of nitrogens with two attached hydrogens (primary N) is 1. The molecule has 0 spiro atoms. The molecule has 3 N–H and O–H groups in total. The highest BCUT2D eigenvalue weighted by Gasteiger charge is 2.32. The summed E-state index contributed by atoms with van der Waals surface area (Å²) in [4.78, 5) is 34.4. The van der Waals surface area contributed by atoms with Crippen molar-refractivity contribution in [1.29, 1.82) is 0 Å². The number of aromatic nitrogens is 2.